The van der Waals surface area contributed by atoms with Crippen LogP contribution in [0.5, 0.6) is 5.75 Å². The number of methoxy groups -OCH3 is 1. The molecule has 0 saturated carbocycles. The normalized spacial score (nSPS) is 15.9. The van der Waals surface area contributed by atoms with Crippen LogP contribution in [0, 0.1) is 6.92 Å². The molecule has 0 aliphatic carbocycles. The van der Waals surface area contributed by atoms with Crippen LogP contribution >= 0.6 is 22.9 Å². The van der Waals surface area contributed by atoms with Crippen LogP contribution in [0.2, 0.25) is 5.15 Å². The van der Waals surface area contributed by atoms with Gasteiger partial charge in [0.2, 0.25) is 0 Å². The average molecular weight is 512 g/mol. The van der Waals surface area contributed by atoms with Gasteiger partial charge in [-0.1, -0.05) is 22.9 Å². The molecular weight excluding hydrogens is 490 g/mol. The summed E-state index contributed by atoms with van der Waals surface area (Å²) in [6.07, 6.45) is 4.87. The second-order valence-corrected chi connectivity index (χ2v) is 9.40. The highest BCUT2D eigenvalue weighted by Crippen LogP contribution is 2.34. The molecule has 1 aliphatic heterocycles. The van der Waals surface area contributed by atoms with Gasteiger partial charge in [-0.05, 0) is 26.0 Å². The van der Waals surface area contributed by atoms with Crippen molar-refractivity contribution in [3.8, 4) is 16.9 Å². The highest BCUT2D eigenvalue weighted by molar-refractivity contribution is 7.21. The van der Waals surface area contributed by atoms with Crippen LogP contribution in [0.4, 0.5) is 10.9 Å². The van der Waals surface area contributed by atoms with E-state index in [1.54, 1.807) is 18.3 Å². The number of hydrogen-bond acceptors (Lipinski definition) is 10. The summed E-state index contributed by atoms with van der Waals surface area (Å²) >= 11 is 7.40. The summed E-state index contributed by atoms with van der Waals surface area (Å²) in [5, 5.41) is 3.54. The third-order valence-electron chi connectivity index (χ3n) is 5.53. The van der Waals surface area contributed by atoms with E-state index in [2.05, 4.69) is 30.2 Å². The number of ether oxygens (including phenoxy) is 2. The van der Waals surface area contributed by atoms with Crippen molar-refractivity contribution in [1.29, 1.82) is 0 Å². The van der Waals surface area contributed by atoms with Crippen molar-refractivity contribution in [1.82, 2.24) is 24.9 Å². The Morgan fingerprint density at radius 3 is 2.86 bits per heavy atom. The van der Waals surface area contributed by atoms with Gasteiger partial charge < -0.3 is 14.4 Å². The van der Waals surface area contributed by atoms with Crippen molar-refractivity contribution in [2.45, 2.75) is 20.0 Å². The molecular formula is C23H22ClN7O3S. The number of anilines is 2. The number of fused-ring (bicyclic) bond motifs is 1. The summed E-state index contributed by atoms with van der Waals surface area (Å²) in [7, 11) is 1.54. The summed E-state index contributed by atoms with van der Waals surface area (Å²) < 4.78 is 11.0. The van der Waals surface area contributed by atoms with Crippen LogP contribution in [0.1, 0.15) is 23.0 Å². The second-order valence-electron chi connectivity index (χ2n) is 8.04. The largest absolute Gasteiger partial charge is 0.494 e. The monoisotopic (exact) mass is 511 g/mol. The molecule has 1 amide bonds. The third kappa shape index (κ3) is 4.88. The zero-order valence-corrected chi connectivity index (χ0v) is 20.9. The van der Waals surface area contributed by atoms with Crippen molar-refractivity contribution in [2.75, 3.05) is 37.0 Å². The lowest BCUT2D eigenvalue weighted by molar-refractivity contribution is 0.0529. The van der Waals surface area contributed by atoms with E-state index in [4.69, 9.17) is 26.1 Å². The first kappa shape index (κ1) is 23.3. The number of nitrogens with one attached hydrogen (secondary N) is 1. The van der Waals surface area contributed by atoms with Crippen LogP contribution in [0.3, 0.4) is 0 Å². The Labute approximate surface area is 210 Å². The molecule has 1 unspecified atom stereocenters. The lowest BCUT2D eigenvalue weighted by atomic mass is 10.0. The van der Waals surface area contributed by atoms with Gasteiger partial charge >= 0.3 is 0 Å². The molecule has 4 aromatic heterocycles. The van der Waals surface area contributed by atoms with Crippen LogP contribution < -0.4 is 15.0 Å². The summed E-state index contributed by atoms with van der Waals surface area (Å²) in [6.45, 7) is 6.01. The standard InChI is InChI=1S/C23H22ClN7O3S/c1-12-6-14(15-7-18(24)26-9-17(15)33-3)16(8-25-12)21(32)30-23-29-20-22(35-23)28-19(10-27-20)31-4-5-34-13(2)11-31/h6-10,13H,4-5,11H2,1-3H3,(H,27,29,30,32). The van der Waals surface area contributed by atoms with Crippen LogP contribution in [0.15, 0.2) is 30.7 Å². The maximum Gasteiger partial charge on any atom is 0.259 e. The van der Waals surface area contributed by atoms with E-state index in [-0.39, 0.29) is 17.2 Å². The topological polar surface area (TPSA) is 115 Å². The molecule has 180 valence electrons. The summed E-state index contributed by atoms with van der Waals surface area (Å²) in [4.78, 5) is 38.0. The molecule has 4 aromatic rings. The molecule has 1 fully saturated rings. The number of nitrogens with zero attached hydrogens (tertiary/aromatic N) is 6. The Morgan fingerprint density at radius 1 is 1.20 bits per heavy atom. The van der Waals surface area contributed by atoms with Gasteiger partial charge in [0, 0.05) is 36.1 Å². The minimum Gasteiger partial charge on any atom is -0.494 e. The van der Waals surface area contributed by atoms with E-state index in [9.17, 15) is 4.79 Å². The van der Waals surface area contributed by atoms with E-state index in [1.807, 2.05) is 13.8 Å². The van der Waals surface area contributed by atoms with E-state index >= 15 is 0 Å². The zero-order valence-electron chi connectivity index (χ0n) is 19.3. The van der Waals surface area contributed by atoms with Gasteiger partial charge in [-0.25, -0.2) is 15.0 Å². The van der Waals surface area contributed by atoms with Crippen molar-refractivity contribution >= 4 is 50.3 Å². The number of hydrogen-bond donors (Lipinski definition) is 1. The fraction of sp³-hybridized carbons (Fsp3) is 0.304. The molecule has 5 heterocycles. The summed E-state index contributed by atoms with van der Waals surface area (Å²) in [5.74, 6) is 0.886. The molecule has 0 aromatic carbocycles. The smallest absolute Gasteiger partial charge is 0.259 e. The van der Waals surface area contributed by atoms with Crippen LogP contribution in [-0.4, -0.2) is 63.7 Å². The number of rotatable bonds is 5. The van der Waals surface area contributed by atoms with E-state index in [1.165, 1.54) is 30.8 Å². The zero-order chi connectivity index (χ0) is 24.5. The van der Waals surface area contributed by atoms with Gasteiger partial charge in [0.05, 0.1) is 37.8 Å². The average Bonchev–Trinajstić information content (AvgIpc) is 3.25. The predicted octanol–water partition coefficient (Wildman–Crippen LogP) is 3.99. The number of amides is 1. The van der Waals surface area contributed by atoms with Gasteiger partial charge in [0.1, 0.15) is 16.7 Å². The first-order valence-electron chi connectivity index (χ1n) is 10.9. The molecule has 0 spiro atoms. The molecule has 12 heteroatoms. The first-order chi connectivity index (χ1) is 16.9. The van der Waals surface area contributed by atoms with Gasteiger partial charge in [-0.15, -0.1) is 0 Å². The number of morpholine rings is 1. The SMILES string of the molecule is COc1cnc(Cl)cc1-c1cc(C)ncc1C(=O)Nc1nc2ncc(N3CCOC(C)C3)nc2s1. The lowest BCUT2D eigenvalue weighted by Gasteiger charge is -2.31. The number of carbonyl (C=O) groups is 1. The Kier molecular flexibility index (Phi) is 6.46. The number of pyridine rings is 2. The Morgan fingerprint density at radius 2 is 2.06 bits per heavy atom. The summed E-state index contributed by atoms with van der Waals surface area (Å²) in [5.41, 5.74) is 2.82. The van der Waals surface area contributed by atoms with E-state index in [0.717, 1.165) is 24.6 Å². The van der Waals surface area contributed by atoms with Crippen molar-refractivity contribution in [3.63, 3.8) is 0 Å². The van der Waals surface area contributed by atoms with Crippen molar-refractivity contribution < 1.29 is 14.3 Å². The van der Waals surface area contributed by atoms with Gasteiger partial charge in [0.15, 0.2) is 15.6 Å². The third-order valence-corrected chi connectivity index (χ3v) is 6.59. The molecule has 1 saturated heterocycles. The fourth-order valence-corrected chi connectivity index (χ4v) is 4.81. The summed E-state index contributed by atoms with van der Waals surface area (Å²) in [6, 6.07) is 3.46. The predicted molar refractivity (Wildman–Crippen MR) is 135 cm³/mol. The number of halogens is 1. The van der Waals surface area contributed by atoms with Gasteiger partial charge in [-0.2, -0.15) is 4.98 Å². The molecule has 0 radical (unpaired) electrons. The van der Waals surface area contributed by atoms with E-state index in [0.29, 0.717) is 44.7 Å². The lowest BCUT2D eigenvalue weighted by Crippen LogP contribution is -2.41. The number of thiazole rings is 1. The van der Waals surface area contributed by atoms with Crippen molar-refractivity contribution in [3.05, 3.63) is 47.1 Å². The number of aryl methyl sites for hydroxylation is 1. The molecule has 35 heavy (non-hydrogen) atoms. The highest BCUT2D eigenvalue weighted by atomic mass is 35.5. The number of aromatic nitrogens is 5. The fourth-order valence-electron chi connectivity index (χ4n) is 3.86. The highest BCUT2D eigenvalue weighted by Gasteiger charge is 2.21. The maximum absolute atomic E-state index is 13.3. The maximum atomic E-state index is 13.3. The van der Waals surface area contributed by atoms with Gasteiger partial charge in [0.25, 0.3) is 5.91 Å². The molecule has 0 bridgehead atoms. The molecule has 5 rings (SSSR count). The minimum absolute atomic E-state index is 0.128. The molecule has 1 aliphatic rings. The van der Waals surface area contributed by atoms with Gasteiger partial charge in [-0.3, -0.25) is 15.1 Å². The Bertz CT molecular complexity index is 1410. The Hall–Kier alpha value is -3.41. The van der Waals surface area contributed by atoms with Crippen LogP contribution in [0.25, 0.3) is 21.6 Å². The Balaban J connectivity index is 1.44. The molecule has 1 atom stereocenters. The van der Waals surface area contributed by atoms with Crippen LogP contribution in [-0.2, 0) is 4.74 Å². The molecule has 1 N–H and O–H groups in total. The second kappa shape index (κ2) is 9.68. The first-order valence-corrected chi connectivity index (χ1v) is 12.1. The van der Waals surface area contributed by atoms with E-state index < -0.39 is 0 Å². The molecule has 10 nitrogen and oxygen atoms in total. The van der Waals surface area contributed by atoms with Crippen molar-refractivity contribution in [2.24, 2.45) is 0 Å². The quantitative estimate of drug-likeness (QED) is 0.397. The number of carbonyl (C=O) groups excluding carboxylic acids is 1. The minimum atomic E-state index is -0.372.